The molecule has 0 bridgehead atoms. The zero-order valence-corrected chi connectivity index (χ0v) is 15.2. The van der Waals surface area contributed by atoms with Crippen LogP contribution in [0.5, 0.6) is 0 Å². The molecular weight excluding hydrogens is 316 g/mol. The maximum absolute atomic E-state index is 13.0. The predicted molar refractivity (Wildman–Crippen MR) is 97.8 cm³/mol. The van der Waals surface area contributed by atoms with Crippen molar-refractivity contribution in [2.45, 2.75) is 32.0 Å². The lowest BCUT2D eigenvalue weighted by Crippen LogP contribution is -2.48. The van der Waals surface area contributed by atoms with E-state index in [2.05, 4.69) is 20.4 Å². The SMILES string of the molecule is CN(C)C[C@@H](NC(=O)N1Cc2c(N)n[nH]c2C1(C)C)c1ccccc1. The van der Waals surface area contributed by atoms with Crippen molar-refractivity contribution in [2.75, 3.05) is 26.4 Å². The number of aromatic nitrogens is 2. The van der Waals surface area contributed by atoms with Gasteiger partial charge in [-0.3, -0.25) is 5.10 Å². The molecule has 0 aliphatic carbocycles. The summed E-state index contributed by atoms with van der Waals surface area (Å²) < 4.78 is 0. The highest BCUT2D eigenvalue weighted by molar-refractivity contribution is 5.77. The van der Waals surface area contributed by atoms with E-state index in [0.717, 1.165) is 23.4 Å². The minimum Gasteiger partial charge on any atom is -0.382 e. The number of fused-ring (bicyclic) bond motifs is 1. The van der Waals surface area contributed by atoms with Gasteiger partial charge in [-0.1, -0.05) is 30.3 Å². The van der Waals surface area contributed by atoms with Crippen molar-refractivity contribution in [3.63, 3.8) is 0 Å². The van der Waals surface area contributed by atoms with Crippen LogP contribution in [0.2, 0.25) is 0 Å². The summed E-state index contributed by atoms with van der Waals surface area (Å²) in [4.78, 5) is 16.9. The molecule has 4 N–H and O–H groups in total. The number of nitrogens with one attached hydrogen (secondary N) is 2. The van der Waals surface area contributed by atoms with Crippen LogP contribution < -0.4 is 11.1 Å². The van der Waals surface area contributed by atoms with E-state index < -0.39 is 5.54 Å². The van der Waals surface area contributed by atoms with Gasteiger partial charge in [-0.2, -0.15) is 5.10 Å². The van der Waals surface area contributed by atoms with Crippen LogP contribution in [0.3, 0.4) is 0 Å². The van der Waals surface area contributed by atoms with Crippen molar-refractivity contribution in [3.05, 3.63) is 47.2 Å². The second-order valence-electron chi connectivity index (χ2n) is 7.28. The molecule has 0 saturated carbocycles. The molecule has 0 fully saturated rings. The number of H-pyrrole nitrogens is 1. The van der Waals surface area contributed by atoms with E-state index >= 15 is 0 Å². The average Bonchev–Trinajstić information content (AvgIpc) is 3.05. The van der Waals surface area contributed by atoms with E-state index in [-0.39, 0.29) is 12.1 Å². The van der Waals surface area contributed by atoms with E-state index in [1.165, 1.54) is 0 Å². The number of nitrogen functional groups attached to an aromatic ring is 1. The van der Waals surface area contributed by atoms with Crippen LogP contribution in [0, 0.1) is 0 Å². The quantitative estimate of drug-likeness (QED) is 0.793. The second kappa shape index (κ2) is 6.40. The van der Waals surface area contributed by atoms with Gasteiger partial charge in [0.2, 0.25) is 0 Å². The molecule has 0 unspecified atom stereocenters. The first kappa shape index (κ1) is 17.3. The highest BCUT2D eigenvalue weighted by atomic mass is 16.2. The number of rotatable bonds is 4. The van der Waals surface area contributed by atoms with Crippen molar-refractivity contribution in [1.29, 1.82) is 0 Å². The van der Waals surface area contributed by atoms with Gasteiger partial charge in [0.1, 0.15) is 0 Å². The highest BCUT2D eigenvalue weighted by Gasteiger charge is 2.43. The molecule has 1 aliphatic heterocycles. The normalized spacial score (nSPS) is 16.8. The Morgan fingerprint density at radius 2 is 2.08 bits per heavy atom. The van der Waals surface area contributed by atoms with Gasteiger partial charge in [-0.15, -0.1) is 0 Å². The summed E-state index contributed by atoms with van der Waals surface area (Å²) in [5.74, 6) is 0.464. The molecule has 0 spiro atoms. The summed E-state index contributed by atoms with van der Waals surface area (Å²) in [6.45, 7) is 5.18. The standard InChI is InChI=1S/C18H26N6O/c1-18(2)15-13(16(19)22-21-15)10-24(18)17(25)20-14(11-23(3)4)12-8-6-5-7-9-12/h5-9,14H,10-11H2,1-4H3,(H,20,25)(H3,19,21,22)/t14-/m1/s1. The Labute approximate surface area is 148 Å². The Morgan fingerprint density at radius 3 is 2.68 bits per heavy atom. The number of aromatic amines is 1. The number of amides is 2. The van der Waals surface area contributed by atoms with E-state index in [0.29, 0.717) is 12.4 Å². The van der Waals surface area contributed by atoms with Gasteiger partial charge in [0.05, 0.1) is 23.8 Å². The Hall–Kier alpha value is -2.54. The molecule has 1 aliphatic rings. The third kappa shape index (κ3) is 3.19. The predicted octanol–water partition coefficient (Wildman–Crippen LogP) is 2.06. The molecule has 3 rings (SSSR count). The summed E-state index contributed by atoms with van der Waals surface area (Å²) in [5.41, 5.74) is 8.34. The van der Waals surface area contributed by atoms with E-state index in [1.54, 1.807) is 4.90 Å². The van der Waals surface area contributed by atoms with Crippen LogP contribution in [0.25, 0.3) is 0 Å². The fourth-order valence-electron chi connectivity index (χ4n) is 3.37. The van der Waals surface area contributed by atoms with E-state index in [4.69, 9.17) is 5.73 Å². The first-order chi connectivity index (χ1) is 11.8. The maximum Gasteiger partial charge on any atom is 0.319 e. The molecule has 1 aromatic heterocycles. The van der Waals surface area contributed by atoms with E-state index in [1.807, 2.05) is 58.3 Å². The van der Waals surface area contributed by atoms with Crippen LogP contribution in [0.1, 0.15) is 36.7 Å². The van der Waals surface area contributed by atoms with Gasteiger partial charge in [0.25, 0.3) is 0 Å². The van der Waals surface area contributed by atoms with Crippen LogP contribution in [-0.4, -0.2) is 46.7 Å². The first-order valence-corrected chi connectivity index (χ1v) is 8.41. The van der Waals surface area contributed by atoms with Crippen LogP contribution in [-0.2, 0) is 12.1 Å². The molecule has 1 aromatic carbocycles. The number of nitrogens with two attached hydrogens (primary N) is 1. The molecule has 2 heterocycles. The number of nitrogens with zero attached hydrogens (tertiary/aromatic N) is 3. The molecule has 1 atom stereocenters. The van der Waals surface area contributed by atoms with Crippen molar-refractivity contribution < 1.29 is 4.79 Å². The minimum atomic E-state index is -0.483. The average molecular weight is 342 g/mol. The van der Waals surface area contributed by atoms with Gasteiger partial charge >= 0.3 is 6.03 Å². The zero-order chi connectivity index (χ0) is 18.2. The first-order valence-electron chi connectivity index (χ1n) is 8.41. The largest absolute Gasteiger partial charge is 0.382 e. The molecule has 0 saturated heterocycles. The Bertz CT molecular complexity index is 752. The number of benzene rings is 1. The number of anilines is 1. The molecule has 25 heavy (non-hydrogen) atoms. The number of carbonyl (C=O) groups is 1. The number of carbonyl (C=O) groups excluding carboxylic acids is 1. The molecule has 134 valence electrons. The molecule has 2 aromatic rings. The van der Waals surface area contributed by atoms with Gasteiger partial charge in [-0.05, 0) is 33.5 Å². The number of likely N-dealkylation sites (N-methyl/N-ethyl adjacent to an activating group) is 1. The van der Waals surface area contributed by atoms with Gasteiger partial charge in [-0.25, -0.2) is 4.79 Å². The van der Waals surface area contributed by atoms with E-state index in [9.17, 15) is 4.79 Å². The second-order valence-corrected chi connectivity index (χ2v) is 7.28. The Morgan fingerprint density at radius 1 is 1.40 bits per heavy atom. The zero-order valence-electron chi connectivity index (χ0n) is 15.2. The maximum atomic E-state index is 13.0. The fraction of sp³-hybridized carbons (Fsp3) is 0.444. The summed E-state index contributed by atoms with van der Waals surface area (Å²) >= 11 is 0. The van der Waals surface area contributed by atoms with Crippen LogP contribution in [0.4, 0.5) is 10.6 Å². The molecule has 0 radical (unpaired) electrons. The lowest BCUT2D eigenvalue weighted by molar-refractivity contribution is 0.138. The van der Waals surface area contributed by atoms with Crippen molar-refractivity contribution in [3.8, 4) is 0 Å². The van der Waals surface area contributed by atoms with Gasteiger partial charge < -0.3 is 20.9 Å². The fourth-order valence-corrected chi connectivity index (χ4v) is 3.37. The summed E-state index contributed by atoms with van der Waals surface area (Å²) in [5, 5.41) is 10.2. The van der Waals surface area contributed by atoms with Crippen molar-refractivity contribution >= 4 is 11.8 Å². The van der Waals surface area contributed by atoms with Gasteiger partial charge in [0, 0.05) is 12.1 Å². The molecule has 7 nitrogen and oxygen atoms in total. The third-order valence-corrected chi connectivity index (χ3v) is 4.79. The van der Waals surface area contributed by atoms with Crippen LogP contribution in [0.15, 0.2) is 30.3 Å². The number of urea groups is 1. The number of hydrogen-bond donors (Lipinski definition) is 3. The molecule has 7 heteroatoms. The van der Waals surface area contributed by atoms with Gasteiger partial charge in [0.15, 0.2) is 5.82 Å². The lowest BCUT2D eigenvalue weighted by atomic mass is 10.0. The summed E-state index contributed by atoms with van der Waals surface area (Å²) in [7, 11) is 4.00. The monoisotopic (exact) mass is 342 g/mol. The third-order valence-electron chi connectivity index (χ3n) is 4.79. The lowest BCUT2D eigenvalue weighted by Gasteiger charge is -2.34. The van der Waals surface area contributed by atoms with Crippen molar-refractivity contribution in [1.82, 2.24) is 25.3 Å². The Balaban J connectivity index is 1.80. The van der Waals surface area contributed by atoms with Crippen molar-refractivity contribution in [2.24, 2.45) is 0 Å². The Kier molecular flexibility index (Phi) is 4.43. The summed E-state index contributed by atoms with van der Waals surface area (Å²) in [6, 6.07) is 9.83. The molecular formula is C18H26N6O. The minimum absolute atomic E-state index is 0.0890. The molecule has 2 amide bonds. The smallest absolute Gasteiger partial charge is 0.319 e. The number of hydrogen-bond acceptors (Lipinski definition) is 4. The summed E-state index contributed by atoms with van der Waals surface area (Å²) in [6.07, 6.45) is 0. The topological polar surface area (TPSA) is 90.3 Å². The highest BCUT2D eigenvalue weighted by Crippen LogP contribution is 2.39. The van der Waals surface area contributed by atoms with Crippen LogP contribution >= 0.6 is 0 Å².